The number of rotatable bonds is 5. The van der Waals surface area contributed by atoms with Gasteiger partial charge in [-0.05, 0) is 43.5 Å². The van der Waals surface area contributed by atoms with Crippen molar-refractivity contribution in [1.82, 2.24) is 8.87 Å². The molecule has 0 saturated carbocycles. The average molecular weight is 404 g/mol. The lowest BCUT2D eigenvalue weighted by atomic mass is 10.2. The van der Waals surface area contributed by atoms with Crippen molar-refractivity contribution in [3.05, 3.63) is 58.5 Å². The highest BCUT2D eigenvalue weighted by atomic mass is 32.2. The molecule has 1 aliphatic rings. The van der Waals surface area contributed by atoms with E-state index in [-0.39, 0.29) is 11.4 Å². The Labute approximate surface area is 165 Å². The van der Waals surface area contributed by atoms with Gasteiger partial charge in [-0.25, -0.2) is 8.42 Å². The molecule has 0 bridgehead atoms. The highest BCUT2D eigenvalue weighted by Crippen LogP contribution is 2.19. The molecule has 150 valence electrons. The number of anilines is 1. The average Bonchev–Trinajstić information content (AvgIpc) is 2.93. The minimum absolute atomic E-state index is 0.0392. The monoisotopic (exact) mass is 403 g/mol. The van der Waals surface area contributed by atoms with E-state index in [1.165, 1.54) is 22.6 Å². The molecule has 0 unspecified atom stereocenters. The fourth-order valence-corrected chi connectivity index (χ4v) is 4.83. The lowest BCUT2D eigenvalue weighted by Gasteiger charge is -2.20. The number of nitrogens with one attached hydrogen (secondary N) is 1. The summed E-state index contributed by atoms with van der Waals surface area (Å²) in [7, 11) is -3.68. The van der Waals surface area contributed by atoms with E-state index in [9.17, 15) is 18.0 Å². The number of hydrogen-bond acceptors (Lipinski definition) is 4. The van der Waals surface area contributed by atoms with Crippen LogP contribution in [0.3, 0.4) is 0 Å². The quantitative estimate of drug-likeness (QED) is 0.830. The van der Waals surface area contributed by atoms with Crippen LogP contribution >= 0.6 is 0 Å². The summed E-state index contributed by atoms with van der Waals surface area (Å²) < 4.78 is 28.5. The highest BCUT2D eigenvalue weighted by molar-refractivity contribution is 7.89. The molecular weight excluding hydrogens is 378 g/mol. The Hall–Kier alpha value is -2.45. The summed E-state index contributed by atoms with van der Waals surface area (Å²) in [5.74, 6) is -0.392. The van der Waals surface area contributed by atoms with Gasteiger partial charge >= 0.3 is 0 Å². The first kappa shape index (κ1) is 20.3. The number of aryl methyl sites for hydroxylation is 1. The number of amides is 1. The van der Waals surface area contributed by atoms with Crippen LogP contribution in [-0.2, 0) is 21.4 Å². The van der Waals surface area contributed by atoms with E-state index >= 15 is 0 Å². The van der Waals surface area contributed by atoms with E-state index in [0.29, 0.717) is 18.8 Å². The van der Waals surface area contributed by atoms with Crippen LogP contribution in [0.1, 0.15) is 31.2 Å². The van der Waals surface area contributed by atoms with Crippen LogP contribution in [-0.4, -0.2) is 36.3 Å². The maximum atomic E-state index is 12.9. The maximum absolute atomic E-state index is 12.9. The van der Waals surface area contributed by atoms with Gasteiger partial charge in [-0.15, -0.1) is 0 Å². The summed E-state index contributed by atoms with van der Waals surface area (Å²) in [4.78, 5) is 24.5. The second-order valence-electron chi connectivity index (χ2n) is 7.07. The van der Waals surface area contributed by atoms with E-state index in [0.717, 1.165) is 35.8 Å². The van der Waals surface area contributed by atoms with Gasteiger partial charge in [0.25, 0.3) is 5.56 Å². The molecule has 1 fully saturated rings. The van der Waals surface area contributed by atoms with E-state index in [1.807, 2.05) is 25.1 Å². The number of carbonyl (C=O) groups is 1. The van der Waals surface area contributed by atoms with Gasteiger partial charge in [0.15, 0.2) is 0 Å². The van der Waals surface area contributed by atoms with Crippen molar-refractivity contribution in [2.75, 3.05) is 18.4 Å². The minimum Gasteiger partial charge on any atom is -0.325 e. The lowest BCUT2D eigenvalue weighted by Crippen LogP contribution is -2.33. The molecule has 7 nitrogen and oxygen atoms in total. The molecule has 1 aromatic carbocycles. The Morgan fingerprint density at radius 1 is 1.07 bits per heavy atom. The van der Waals surface area contributed by atoms with Crippen molar-refractivity contribution in [2.45, 2.75) is 44.0 Å². The Kier molecular flexibility index (Phi) is 6.31. The van der Waals surface area contributed by atoms with Gasteiger partial charge in [-0.2, -0.15) is 4.31 Å². The molecule has 0 atom stereocenters. The third-order valence-corrected chi connectivity index (χ3v) is 6.66. The molecule has 8 heteroatoms. The van der Waals surface area contributed by atoms with Crippen molar-refractivity contribution in [3.63, 3.8) is 0 Å². The number of sulfonamides is 1. The van der Waals surface area contributed by atoms with E-state index in [1.54, 1.807) is 6.07 Å². The number of hydrogen-bond donors (Lipinski definition) is 1. The number of nitrogens with zero attached hydrogens (tertiary/aromatic N) is 2. The second-order valence-corrected chi connectivity index (χ2v) is 9.00. The summed E-state index contributed by atoms with van der Waals surface area (Å²) in [6.45, 7) is 2.62. The molecule has 28 heavy (non-hydrogen) atoms. The van der Waals surface area contributed by atoms with E-state index < -0.39 is 21.5 Å². The van der Waals surface area contributed by atoms with Crippen LogP contribution in [0.2, 0.25) is 0 Å². The first-order valence-corrected chi connectivity index (χ1v) is 10.9. The summed E-state index contributed by atoms with van der Waals surface area (Å²) in [6, 6.07) is 9.83. The SMILES string of the molecule is Cc1cccc(NC(=O)Cn2cc(S(=O)(=O)N3CCCCCC3)ccc2=O)c1. The fraction of sp³-hybridized carbons (Fsp3) is 0.400. The molecule has 1 saturated heterocycles. The van der Waals surface area contributed by atoms with Crippen LogP contribution in [0.5, 0.6) is 0 Å². The molecule has 1 aromatic heterocycles. The maximum Gasteiger partial charge on any atom is 0.251 e. The molecule has 0 aliphatic carbocycles. The van der Waals surface area contributed by atoms with Crippen molar-refractivity contribution in [2.24, 2.45) is 0 Å². The van der Waals surface area contributed by atoms with Crippen molar-refractivity contribution < 1.29 is 13.2 Å². The normalized spacial score (nSPS) is 15.8. The van der Waals surface area contributed by atoms with Crippen LogP contribution in [0.25, 0.3) is 0 Å². The number of aromatic nitrogens is 1. The van der Waals surface area contributed by atoms with E-state index in [2.05, 4.69) is 5.32 Å². The molecular formula is C20H25N3O4S. The van der Waals surface area contributed by atoms with Gasteiger partial charge in [-0.1, -0.05) is 25.0 Å². The van der Waals surface area contributed by atoms with Gasteiger partial charge in [0, 0.05) is 31.0 Å². The number of benzene rings is 1. The van der Waals surface area contributed by atoms with Gasteiger partial charge < -0.3 is 9.88 Å². The lowest BCUT2D eigenvalue weighted by molar-refractivity contribution is -0.116. The molecule has 1 amide bonds. The van der Waals surface area contributed by atoms with Gasteiger partial charge in [0.05, 0.1) is 4.90 Å². The Balaban J connectivity index is 1.79. The number of pyridine rings is 1. The van der Waals surface area contributed by atoms with Crippen molar-refractivity contribution >= 4 is 21.6 Å². The zero-order valence-corrected chi connectivity index (χ0v) is 16.7. The molecule has 2 heterocycles. The minimum atomic E-state index is -3.68. The molecule has 0 spiro atoms. The van der Waals surface area contributed by atoms with Crippen molar-refractivity contribution in [3.8, 4) is 0 Å². The predicted octanol–water partition coefficient (Wildman–Crippen LogP) is 2.36. The Morgan fingerprint density at radius 3 is 2.46 bits per heavy atom. The predicted molar refractivity (Wildman–Crippen MR) is 108 cm³/mol. The summed E-state index contributed by atoms with van der Waals surface area (Å²) in [6.07, 6.45) is 4.96. The van der Waals surface area contributed by atoms with Gasteiger partial charge in [0.1, 0.15) is 6.54 Å². The smallest absolute Gasteiger partial charge is 0.251 e. The van der Waals surface area contributed by atoms with Crippen molar-refractivity contribution in [1.29, 1.82) is 0 Å². The summed E-state index contributed by atoms with van der Waals surface area (Å²) in [5, 5.41) is 2.73. The third kappa shape index (κ3) is 4.88. The highest BCUT2D eigenvalue weighted by Gasteiger charge is 2.25. The molecule has 1 aliphatic heterocycles. The molecule has 1 N–H and O–H groups in total. The fourth-order valence-electron chi connectivity index (χ4n) is 3.29. The molecule has 3 rings (SSSR count). The first-order chi connectivity index (χ1) is 13.4. The van der Waals surface area contributed by atoms with Crippen LogP contribution in [0.15, 0.2) is 52.3 Å². The third-order valence-electron chi connectivity index (χ3n) is 4.77. The van der Waals surface area contributed by atoms with Gasteiger partial charge in [0.2, 0.25) is 15.9 Å². The standard InChI is InChI=1S/C20H25N3O4S/c1-16-7-6-8-17(13-16)21-19(24)15-22-14-18(9-10-20(22)25)28(26,27)23-11-4-2-3-5-12-23/h6-10,13-14H,2-5,11-12,15H2,1H3,(H,21,24). The second kappa shape index (κ2) is 8.70. The largest absolute Gasteiger partial charge is 0.325 e. The zero-order valence-electron chi connectivity index (χ0n) is 15.9. The van der Waals surface area contributed by atoms with Crippen LogP contribution < -0.4 is 10.9 Å². The Bertz CT molecular complexity index is 1010. The van der Waals surface area contributed by atoms with Gasteiger partial charge in [-0.3, -0.25) is 9.59 Å². The topological polar surface area (TPSA) is 88.5 Å². The summed E-state index contributed by atoms with van der Waals surface area (Å²) in [5.41, 5.74) is 1.21. The van der Waals surface area contributed by atoms with E-state index in [4.69, 9.17) is 0 Å². The first-order valence-electron chi connectivity index (χ1n) is 9.43. The van der Waals surface area contributed by atoms with Crippen LogP contribution in [0, 0.1) is 6.92 Å². The molecule has 2 aromatic rings. The van der Waals surface area contributed by atoms with Crippen LogP contribution in [0.4, 0.5) is 5.69 Å². The summed E-state index contributed by atoms with van der Waals surface area (Å²) >= 11 is 0. The zero-order chi connectivity index (χ0) is 20.1. The Morgan fingerprint density at radius 2 is 1.79 bits per heavy atom. The molecule has 0 radical (unpaired) electrons. The number of carbonyl (C=O) groups excluding carboxylic acids is 1.